The van der Waals surface area contributed by atoms with Crippen LogP contribution < -0.4 is 9.11 Å². The minimum absolute atomic E-state index is 0.0712. The Morgan fingerprint density at radius 2 is 1.89 bits per heavy atom. The highest BCUT2D eigenvalue weighted by molar-refractivity contribution is 7.92. The number of terminal acetylenes is 1. The number of non-ortho nitro benzene ring substituents is 1. The fourth-order valence-electron chi connectivity index (χ4n) is 4.30. The molecule has 0 saturated carbocycles. The van der Waals surface area contributed by atoms with Crippen molar-refractivity contribution in [1.82, 2.24) is 4.57 Å². The number of anilines is 1. The number of hydrogen-bond donors (Lipinski definition) is 0. The number of thiazole rings is 1. The molecule has 0 fully saturated rings. The van der Waals surface area contributed by atoms with Crippen LogP contribution in [0.4, 0.5) is 11.4 Å². The summed E-state index contributed by atoms with van der Waals surface area (Å²) in [6, 6.07) is 17.5. The van der Waals surface area contributed by atoms with Crippen LogP contribution in [0.1, 0.15) is 22.3 Å². The van der Waals surface area contributed by atoms with Gasteiger partial charge < -0.3 is 4.57 Å². The van der Waals surface area contributed by atoms with Crippen molar-refractivity contribution in [2.75, 3.05) is 10.8 Å². The summed E-state index contributed by atoms with van der Waals surface area (Å²) in [6.45, 7) is 0.455. The third-order valence-corrected chi connectivity index (χ3v) is 8.97. The predicted molar refractivity (Wildman–Crippen MR) is 141 cm³/mol. The Bertz CT molecular complexity index is 1760. The zero-order valence-corrected chi connectivity index (χ0v) is 21.0. The van der Waals surface area contributed by atoms with Gasteiger partial charge in [-0.25, -0.2) is 8.42 Å². The number of hydrogen-bond acceptors (Lipinski definition) is 6. The molecule has 11 heteroatoms. The number of nitro groups is 1. The summed E-state index contributed by atoms with van der Waals surface area (Å²) in [7, 11) is -3.81. The maximum absolute atomic E-state index is 13.4. The smallest absolute Gasteiger partial charge is 0.279 e. The highest BCUT2D eigenvalue weighted by atomic mass is 32.2. The minimum atomic E-state index is -3.81. The van der Waals surface area contributed by atoms with Crippen LogP contribution in [0.3, 0.4) is 0 Å². The molecule has 1 amide bonds. The zero-order chi connectivity index (χ0) is 26.2. The first kappa shape index (κ1) is 24.4. The monoisotopic (exact) mass is 532 g/mol. The second kappa shape index (κ2) is 9.65. The Morgan fingerprint density at radius 3 is 2.62 bits per heavy atom. The molecule has 2 heterocycles. The van der Waals surface area contributed by atoms with E-state index in [1.165, 1.54) is 52.0 Å². The molecule has 1 aliphatic rings. The van der Waals surface area contributed by atoms with E-state index < -0.39 is 20.9 Å². The van der Waals surface area contributed by atoms with Crippen molar-refractivity contribution >= 4 is 48.9 Å². The predicted octanol–water partition coefficient (Wildman–Crippen LogP) is 4.13. The van der Waals surface area contributed by atoms with Crippen molar-refractivity contribution in [3.63, 3.8) is 0 Å². The van der Waals surface area contributed by atoms with Gasteiger partial charge in [0.05, 0.1) is 32.3 Å². The van der Waals surface area contributed by atoms with Crippen LogP contribution in [0, 0.1) is 22.5 Å². The molecule has 0 aliphatic carbocycles. The van der Waals surface area contributed by atoms with Gasteiger partial charge >= 0.3 is 0 Å². The molecule has 0 atom stereocenters. The molecule has 186 valence electrons. The van der Waals surface area contributed by atoms with Crippen molar-refractivity contribution in [1.29, 1.82) is 0 Å². The fraction of sp³-hybridized carbons (Fsp3) is 0.154. The van der Waals surface area contributed by atoms with Gasteiger partial charge in [-0.3, -0.25) is 19.2 Å². The number of carbonyl (C=O) groups is 1. The lowest BCUT2D eigenvalue weighted by Gasteiger charge is -2.30. The van der Waals surface area contributed by atoms with Crippen LogP contribution in [-0.4, -0.2) is 30.4 Å². The van der Waals surface area contributed by atoms with E-state index in [0.29, 0.717) is 27.3 Å². The van der Waals surface area contributed by atoms with E-state index in [1.807, 2.05) is 18.2 Å². The van der Waals surface area contributed by atoms with Gasteiger partial charge in [-0.2, -0.15) is 4.99 Å². The molecular formula is C26H20N4O5S2. The van der Waals surface area contributed by atoms with Crippen LogP contribution in [0.2, 0.25) is 0 Å². The van der Waals surface area contributed by atoms with Gasteiger partial charge in [0.1, 0.15) is 0 Å². The summed E-state index contributed by atoms with van der Waals surface area (Å²) in [4.78, 5) is 28.2. The number of fused-ring (bicyclic) bond motifs is 2. The maximum Gasteiger partial charge on any atom is 0.279 e. The average Bonchev–Trinajstić information content (AvgIpc) is 3.24. The van der Waals surface area contributed by atoms with Crippen LogP contribution in [0.15, 0.2) is 76.6 Å². The number of para-hydroxylation sites is 1. The number of aryl methyl sites for hydroxylation is 1. The van der Waals surface area contributed by atoms with Gasteiger partial charge in [-0.1, -0.05) is 35.5 Å². The Labute approximate surface area is 216 Å². The summed E-state index contributed by atoms with van der Waals surface area (Å²) in [5.41, 5.74) is 2.27. The summed E-state index contributed by atoms with van der Waals surface area (Å²) in [5, 5.41) is 11.2. The summed E-state index contributed by atoms with van der Waals surface area (Å²) in [5.74, 6) is 1.90. The van der Waals surface area contributed by atoms with Gasteiger partial charge in [-0.15, -0.1) is 6.42 Å². The van der Waals surface area contributed by atoms with Gasteiger partial charge in [0.2, 0.25) is 0 Å². The number of carbonyl (C=O) groups excluding carboxylic acids is 1. The molecule has 0 unspecified atom stereocenters. The van der Waals surface area contributed by atoms with Crippen LogP contribution in [-0.2, 0) is 23.0 Å². The van der Waals surface area contributed by atoms with E-state index in [-0.39, 0.29) is 22.7 Å². The molecule has 9 nitrogen and oxygen atoms in total. The van der Waals surface area contributed by atoms with E-state index in [2.05, 4.69) is 10.9 Å². The summed E-state index contributed by atoms with van der Waals surface area (Å²) < 4.78 is 30.4. The van der Waals surface area contributed by atoms with Gasteiger partial charge in [0.25, 0.3) is 21.6 Å². The van der Waals surface area contributed by atoms with Crippen LogP contribution in [0.5, 0.6) is 0 Å². The molecule has 5 rings (SSSR count). The number of nitrogens with zero attached hydrogens (tertiary/aromatic N) is 4. The standard InChI is InChI=1S/C26H20N4O5S2/c1-2-15-28-23-17-20(30(32)33)11-14-24(23)36-26(28)27-25(31)19-9-12-21(13-10-19)37(34,35)29-16-5-7-18-6-3-4-8-22(18)29/h1,3-4,6,8-14,17H,5,7,15-16H2. The van der Waals surface area contributed by atoms with E-state index >= 15 is 0 Å². The summed E-state index contributed by atoms with van der Waals surface area (Å²) in [6.07, 6.45) is 7.03. The van der Waals surface area contributed by atoms with Crippen molar-refractivity contribution < 1.29 is 18.1 Å². The topological polar surface area (TPSA) is 115 Å². The minimum Gasteiger partial charge on any atom is -0.304 e. The highest BCUT2D eigenvalue weighted by Crippen LogP contribution is 2.32. The van der Waals surface area contributed by atoms with E-state index in [0.717, 1.165) is 18.4 Å². The Hall–Kier alpha value is -4.27. The van der Waals surface area contributed by atoms with Crippen molar-refractivity contribution in [2.45, 2.75) is 24.3 Å². The van der Waals surface area contributed by atoms with Crippen molar-refractivity contribution in [2.24, 2.45) is 4.99 Å². The number of amides is 1. The second-order valence-corrected chi connectivity index (χ2v) is 11.2. The van der Waals surface area contributed by atoms with Gasteiger partial charge in [0.15, 0.2) is 4.80 Å². The lowest BCUT2D eigenvalue weighted by Crippen LogP contribution is -2.35. The highest BCUT2D eigenvalue weighted by Gasteiger charge is 2.29. The van der Waals surface area contributed by atoms with Crippen LogP contribution in [0.25, 0.3) is 10.2 Å². The molecular weight excluding hydrogens is 512 g/mol. The van der Waals surface area contributed by atoms with Gasteiger partial charge in [0, 0.05) is 24.2 Å². The number of nitro benzene ring substituents is 1. The lowest BCUT2D eigenvalue weighted by atomic mass is 10.0. The molecule has 37 heavy (non-hydrogen) atoms. The largest absolute Gasteiger partial charge is 0.304 e. The van der Waals surface area contributed by atoms with E-state index in [4.69, 9.17) is 6.42 Å². The van der Waals surface area contributed by atoms with Crippen molar-refractivity contribution in [3.8, 4) is 12.3 Å². The maximum atomic E-state index is 13.4. The number of rotatable bonds is 5. The molecule has 0 N–H and O–H groups in total. The number of benzene rings is 3. The number of sulfonamides is 1. The molecule has 0 radical (unpaired) electrons. The van der Waals surface area contributed by atoms with Crippen LogP contribution >= 0.6 is 11.3 Å². The van der Waals surface area contributed by atoms with Gasteiger partial charge in [-0.05, 0) is 54.8 Å². The zero-order valence-electron chi connectivity index (χ0n) is 19.4. The third kappa shape index (κ3) is 4.52. The Kier molecular flexibility index (Phi) is 6.37. The molecule has 1 aliphatic heterocycles. The van der Waals surface area contributed by atoms with Crippen molar-refractivity contribution in [3.05, 3.63) is 92.8 Å². The van der Waals surface area contributed by atoms with E-state index in [1.54, 1.807) is 16.7 Å². The Morgan fingerprint density at radius 1 is 1.14 bits per heavy atom. The summed E-state index contributed by atoms with van der Waals surface area (Å²) >= 11 is 1.18. The molecule has 4 aromatic rings. The molecule has 0 bridgehead atoms. The second-order valence-electron chi connectivity index (χ2n) is 8.33. The normalized spacial score (nSPS) is 13.8. The molecule has 3 aromatic carbocycles. The first-order chi connectivity index (χ1) is 17.8. The SMILES string of the molecule is C#CCn1c(=NC(=O)c2ccc(S(=O)(=O)N3CCCc4ccccc43)cc2)sc2ccc([N+](=O)[O-])cc21. The third-order valence-electron chi connectivity index (χ3n) is 6.08. The molecule has 0 saturated heterocycles. The first-order valence-electron chi connectivity index (χ1n) is 11.3. The fourth-order valence-corrected chi connectivity index (χ4v) is 6.85. The first-order valence-corrected chi connectivity index (χ1v) is 13.6. The lowest BCUT2D eigenvalue weighted by molar-refractivity contribution is -0.384. The quantitative estimate of drug-likeness (QED) is 0.218. The average molecular weight is 533 g/mol. The molecule has 0 spiro atoms. The number of aromatic nitrogens is 1. The Balaban J connectivity index is 1.48. The van der Waals surface area contributed by atoms with E-state index in [9.17, 15) is 23.3 Å². The molecule has 1 aromatic heterocycles.